The number of rotatable bonds is 6. The van der Waals surface area contributed by atoms with Gasteiger partial charge >= 0.3 is 0 Å². The molecular formula is C27H25NO4. The minimum Gasteiger partial charge on any atom is -0.497 e. The van der Waals surface area contributed by atoms with E-state index in [1.807, 2.05) is 48.5 Å². The molecule has 0 fully saturated rings. The average molecular weight is 428 g/mol. The number of hydrogen-bond donors (Lipinski definition) is 1. The molecule has 0 aliphatic rings. The molecule has 1 aromatic heterocycles. The van der Waals surface area contributed by atoms with Crippen LogP contribution >= 0.6 is 0 Å². The molecular weight excluding hydrogens is 402 g/mol. The molecule has 0 unspecified atom stereocenters. The molecule has 0 saturated heterocycles. The summed E-state index contributed by atoms with van der Waals surface area (Å²) < 4.78 is 11.1. The Kier molecular flexibility index (Phi) is 6.08. The third-order valence-electron chi connectivity index (χ3n) is 5.40. The maximum atomic E-state index is 12.8. The van der Waals surface area contributed by atoms with E-state index in [4.69, 9.17) is 9.15 Å². The quantitative estimate of drug-likeness (QED) is 0.424. The molecule has 0 atom stereocenters. The average Bonchev–Trinajstić information content (AvgIpc) is 2.80. The number of ether oxygens (including phenoxy) is 1. The third kappa shape index (κ3) is 4.72. The monoisotopic (exact) mass is 427 g/mol. The van der Waals surface area contributed by atoms with Crippen molar-refractivity contribution in [2.24, 2.45) is 0 Å². The largest absolute Gasteiger partial charge is 0.497 e. The topological polar surface area (TPSA) is 68.5 Å². The van der Waals surface area contributed by atoms with E-state index in [1.165, 1.54) is 11.6 Å². The van der Waals surface area contributed by atoms with Gasteiger partial charge in [0.15, 0.2) is 5.43 Å². The van der Waals surface area contributed by atoms with Gasteiger partial charge in [-0.25, -0.2) is 0 Å². The number of carbonyl (C=O) groups excluding carboxylic acids is 1. The number of amides is 1. The van der Waals surface area contributed by atoms with Gasteiger partial charge in [-0.3, -0.25) is 9.59 Å². The Morgan fingerprint density at radius 3 is 2.34 bits per heavy atom. The summed E-state index contributed by atoms with van der Waals surface area (Å²) in [5, 5.41) is 3.28. The lowest BCUT2D eigenvalue weighted by molar-refractivity contribution is -0.115. The lowest BCUT2D eigenvalue weighted by Crippen LogP contribution is -2.14. The lowest BCUT2D eigenvalue weighted by Gasteiger charge is -2.09. The zero-order chi connectivity index (χ0) is 22.7. The molecule has 0 aliphatic heterocycles. The zero-order valence-corrected chi connectivity index (χ0v) is 18.3. The molecule has 5 heteroatoms. The predicted molar refractivity (Wildman–Crippen MR) is 127 cm³/mol. The van der Waals surface area contributed by atoms with Crippen LogP contribution < -0.4 is 15.5 Å². The van der Waals surface area contributed by atoms with Crippen LogP contribution in [-0.2, 0) is 11.2 Å². The normalized spacial score (nSPS) is 11.0. The summed E-state index contributed by atoms with van der Waals surface area (Å²) in [6, 6.07) is 22.0. The molecule has 162 valence electrons. The summed E-state index contributed by atoms with van der Waals surface area (Å²) >= 11 is 0. The second-order valence-electron chi connectivity index (χ2n) is 8.04. The Morgan fingerprint density at radius 2 is 1.69 bits per heavy atom. The van der Waals surface area contributed by atoms with E-state index < -0.39 is 0 Å². The summed E-state index contributed by atoms with van der Waals surface area (Å²) in [6.07, 6.45) is 0.224. The van der Waals surface area contributed by atoms with Crippen molar-refractivity contribution in [3.05, 3.63) is 94.1 Å². The highest BCUT2D eigenvalue weighted by molar-refractivity contribution is 5.94. The molecule has 32 heavy (non-hydrogen) atoms. The number of hydrogen-bond acceptors (Lipinski definition) is 4. The fourth-order valence-electron chi connectivity index (χ4n) is 3.54. The van der Waals surface area contributed by atoms with Gasteiger partial charge in [-0.1, -0.05) is 50.2 Å². The molecule has 0 aliphatic carbocycles. The minimum atomic E-state index is -0.166. The summed E-state index contributed by atoms with van der Waals surface area (Å²) in [5.41, 5.74) is 3.83. The maximum Gasteiger partial charge on any atom is 0.228 e. The van der Waals surface area contributed by atoms with E-state index in [1.54, 1.807) is 25.3 Å². The Hall–Kier alpha value is -3.86. The fourth-order valence-corrected chi connectivity index (χ4v) is 3.54. The van der Waals surface area contributed by atoms with Gasteiger partial charge in [0, 0.05) is 17.3 Å². The maximum absolute atomic E-state index is 12.8. The van der Waals surface area contributed by atoms with Crippen LogP contribution in [0.4, 0.5) is 5.69 Å². The minimum absolute atomic E-state index is 0.152. The van der Waals surface area contributed by atoms with E-state index in [2.05, 4.69) is 19.2 Å². The van der Waals surface area contributed by atoms with Crippen molar-refractivity contribution in [3.63, 3.8) is 0 Å². The van der Waals surface area contributed by atoms with Crippen LogP contribution in [0, 0.1) is 0 Å². The second kappa shape index (κ2) is 9.10. The Morgan fingerprint density at radius 1 is 0.969 bits per heavy atom. The number of fused-ring (bicyclic) bond motifs is 1. The van der Waals surface area contributed by atoms with Crippen LogP contribution in [0.15, 0.2) is 82.0 Å². The number of benzene rings is 3. The molecule has 0 bridgehead atoms. The van der Waals surface area contributed by atoms with Crippen molar-refractivity contribution < 1.29 is 13.9 Å². The van der Waals surface area contributed by atoms with Gasteiger partial charge in [0.1, 0.15) is 17.1 Å². The molecule has 1 heterocycles. The Balaban J connectivity index is 1.53. The Labute approximate surface area is 186 Å². The standard InChI is InChI=1S/C27H25NO4/c1-17(2)19-6-8-20(9-7-19)26-16-24(29)23-15-21(10-13-25(23)32-26)28-27(30)14-18-4-11-22(31-3)12-5-18/h4-13,15-17H,14H2,1-3H3,(H,28,30). The predicted octanol–water partition coefficient (Wildman–Crippen LogP) is 5.77. The molecule has 1 amide bonds. The van der Waals surface area contributed by atoms with E-state index in [9.17, 15) is 9.59 Å². The first-order valence-electron chi connectivity index (χ1n) is 10.5. The zero-order valence-electron chi connectivity index (χ0n) is 18.3. The third-order valence-corrected chi connectivity index (χ3v) is 5.40. The van der Waals surface area contributed by atoms with Crippen molar-refractivity contribution >= 4 is 22.6 Å². The van der Waals surface area contributed by atoms with E-state index >= 15 is 0 Å². The highest BCUT2D eigenvalue weighted by atomic mass is 16.5. The van der Waals surface area contributed by atoms with Crippen LogP contribution in [0.5, 0.6) is 5.75 Å². The molecule has 5 nitrogen and oxygen atoms in total. The summed E-state index contributed by atoms with van der Waals surface area (Å²) in [7, 11) is 1.60. The van der Waals surface area contributed by atoms with Crippen LogP contribution in [0.1, 0.15) is 30.9 Å². The van der Waals surface area contributed by atoms with Crippen LogP contribution in [-0.4, -0.2) is 13.0 Å². The van der Waals surface area contributed by atoms with Gasteiger partial charge < -0.3 is 14.5 Å². The molecule has 0 spiro atoms. The Bertz CT molecular complexity index is 1300. The molecule has 0 saturated carbocycles. The molecule has 4 aromatic rings. The molecule has 4 rings (SSSR count). The summed E-state index contributed by atoms with van der Waals surface area (Å²) in [5.74, 6) is 1.53. The molecule has 3 aromatic carbocycles. The highest BCUT2D eigenvalue weighted by Crippen LogP contribution is 2.26. The van der Waals surface area contributed by atoms with Gasteiger partial charge in [-0.2, -0.15) is 0 Å². The van der Waals surface area contributed by atoms with Crippen molar-refractivity contribution in [2.75, 3.05) is 12.4 Å². The van der Waals surface area contributed by atoms with Gasteiger partial charge in [-0.05, 0) is 47.4 Å². The first kappa shape index (κ1) is 21.4. The first-order valence-corrected chi connectivity index (χ1v) is 10.5. The van der Waals surface area contributed by atoms with Gasteiger partial charge in [0.2, 0.25) is 5.91 Å². The smallest absolute Gasteiger partial charge is 0.228 e. The molecule has 0 radical (unpaired) electrons. The molecule has 1 N–H and O–H groups in total. The van der Waals surface area contributed by atoms with Crippen molar-refractivity contribution in [2.45, 2.75) is 26.2 Å². The van der Waals surface area contributed by atoms with Gasteiger partial charge in [0.25, 0.3) is 0 Å². The number of methoxy groups -OCH3 is 1. The SMILES string of the molecule is COc1ccc(CC(=O)Nc2ccc3oc(-c4ccc(C(C)C)cc4)cc(=O)c3c2)cc1. The number of anilines is 1. The lowest BCUT2D eigenvalue weighted by atomic mass is 10.0. The number of nitrogens with one attached hydrogen (secondary N) is 1. The fraction of sp³-hybridized carbons (Fsp3) is 0.185. The van der Waals surface area contributed by atoms with E-state index in [0.717, 1.165) is 16.9 Å². The first-order chi connectivity index (χ1) is 15.4. The highest BCUT2D eigenvalue weighted by Gasteiger charge is 2.10. The van der Waals surface area contributed by atoms with Crippen molar-refractivity contribution in [1.29, 1.82) is 0 Å². The van der Waals surface area contributed by atoms with Crippen LogP contribution in [0.2, 0.25) is 0 Å². The van der Waals surface area contributed by atoms with Crippen molar-refractivity contribution in [1.82, 2.24) is 0 Å². The van der Waals surface area contributed by atoms with Gasteiger partial charge in [0.05, 0.1) is 18.9 Å². The van der Waals surface area contributed by atoms with E-state index in [-0.39, 0.29) is 17.8 Å². The van der Waals surface area contributed by atoms with Crippen LogP contribution in [0.25, 0.3) is 22.3 Å². The number of carbonyl (C=O) groups is 1. The summed E-state index contributed by atoms with van der Waals surface area (Å²) in [4.78, 5) is 25.2. The second-order valence-corrected chi connectivity index (χ2v) is 8.04. The van der Waals surface area contributed by atoms with Crippen LogP contribution in [0.3, 0.4) is 0 Å². The van der Waals surface area contributed by atoms with Crippen molar-refractivity contribution in [3.8, 4) is 17.1 Å². The van der Waals surface area contributed by atoms with E-state index in [0.29, 0.717) is 28.3 Å². The summed E-state index contributed by atoms with van der Waals surface area (Å²) in [6.45, 7) is 4.27. The van der Waals surface area contributed by atoms with Gasteiger partial charge in [-0.15, -0.1) is 0 Å².